The second kappa shape index (κ2) is 5.35. The van der Waals surface area contributed by atoms with Crippen LogP contribution in [0.15, 0.2) is 23.1 Å². The van der Waals surface area contributed by atoms with Crippen molar-refractivity contribution < 1.29 is 18.4 Å². The molecule has 1 aliphatic rings. The van der Waals surface area contributed by atoms with E-state index < -0.39 is 31.6 Å². The maximum atomic E-state index is 12.5. The highest BCUT2D eigenvalue weighted by atomic mass is 32.2. The molecule has 0 radical (unpaired) electrons. The number of anilines is 1. The van der Waals surface area contributed by atoms with Gasteiger partial charge in [-0.3, -0.25) is 10.1 Å². The molecule has 2 rings (SSSR count). The number of nitrogen functional groups attached to an aromatic ring is 1. The fraction of sp³-hybridized carbons (Fsp3) is 0.455. The summed E-state index contributed by atoms with van der Waals surface area (Å²) >= 11 is 0. The summed E-state index contributed by atoms with van der Waals surface area (Å²) < 4.78 is 26.1. The van der Waals surface area contributed by atoms with Crippen LogP contribution < -0.4 is 5.73 Å². The van der Waals surface area contributed by atoms with Crippen molar-refractivity contribution >= 4 is 21.4 Å². The molecule has 0 saturated carbocycles. The van der Waals surface area contributed by atoms with Gasteiger partial charge in [-0.15, -0.1) is 0 Å². The van der Waals surface area contributed by atoms with Crippen LogP contribution in [0.3, 0.4) is 0 Å². The minimum Gasteiger partial charge on any atom is -0.393 e. The molecular formula is C11H15N3O5S. The summed E-state index contributed by atoms with van der Waals surface area (Å²) in [6.45, 7) is 0.269. The van der Waals surface area contributed by atoms with Gasteiger partial charge in [0.1, 0.15) is 5.69 Å². The molecule has 0 spiro atoms. The number of para-hydroxylation sites is 1. The monoisotopic (exact) mass is 301 g/mol. The second-order valence-corrected chi connectivity index (χ2v) is 6.49. The number of aliphatic hydroxyl groups is 1. The molecule has 1 aliphatic heterocycles. The standard InChI is InChI=1S/C11H15N3O5S/c12-9-2-1-3-10(11(9)14(16)17)20(18,19)13-6-4-8(15)5-7-13/h1-3,8,15H,4-7,12H2. The van der Waals surface area contributed by atoms with E-state index in [0.29, 0.717) is 12.8 Å². The lowest BCUT2D eigenvalue weighted by atomic mass is 10.1. The molecule has 0 atom stereocenters. The number of aliphatic hydroxyl groups excluding tert-OH is 1. The number of nitro benzene ring substituents is 1. The van der Waals surface area contributed by atoms with Crippen LogP contribution >= 0.6 is 0 Å². The summed E-state index contributed by atoms with van der Waals surface area (Å²) in [5.74, 6) is 0. The predicted molar refractivity (Wildman–Crippen MR) is 71.5 cm³/mol. The van der Waals surface area contributed by atoms with E-state index in [1.807, 2.05) is 0 Å². The van der Waals surface area contributed by atoms with Gasteiger partial charge in [0.25, 0.3) is 0 Å². The van der Waals surface area contributed by atoms with Gasteiger partial charge in [0.15, 0.2) is 4.90 Å². The van der Waals surface area contributed by atoms with Crippen molar-refractivity contribution in [1.29, 1.82) is 0 Å². The third kappa shape index (κ3) is 2.60. The molecule has 1 heterocycles. The highest BCUT2D eigenvalue weighted by Crippen LogP contribution is 2.32. The normalized spacial score (nSPS) is 18.1. The Morgan fingerprint density at radius 1 is 1.35 bits per heavy atom. The molecule has 1 aromatic rings. The predicted octanol–water partition coefficient (Wildman–Crippen LogP) is 0.322. The van der Waals surface area contributed by atoms with Crippen LogP contribution in [0.4, 0.5) is 11.4 Å². The Bertz CT molecular complexity index is 623. The average Bonchev–Trinajstić information content (AvgIpc) is 2.38. The fourth-order valence-corrected chi connectivity index (χ4v) is 3.82. The minimum atomic E-state index is -3.98. The summed E-state index contributed by atoms with van der Waals surface area (Å²) in [6.07, 6.45) is 0.0994. The van der Waals surface area contributed by atoms with Crippen LogP contribution in [0.5, 0.6) is 0 Å². The van der Waals surface area contributed by atoms with Gasteiger partial charge in [-0.05, 0) is 25.0 Å². The van der Waals surface area contributed by atoms with Crippen LogP contribution in [-0.2, 0) is 10.0 Å². The topological polar surface area (TPSA) is 127 Å². The van der Waals surface area contributed by atoms with Crippen molar-refractivity contribution in [2.75, 3.05) is 18.8 Å². The first-order valence-electron chi connectivity index (χ1n) is 6.05. The van der Waals surface area contributed by atoms with Crippen LogP contribution in [0.2, 0.25) is 0 Å². The number of rotatable bonds is 3. The van der Waals surface area contributed by atoms with E-state index in [0.717, 1.165) is 4.31 Å². The third-order valence-corrected chi connectivity index (χ3v) is 5.18. The number of hydrogen-bond acceptors (Lipinski definition) is 6. The molecule has 110 valence electrons. The maximum absolute atomic E-state index is 12.5. The van der Waals surface area contributed by atoms with E-state index in [1.54, 1.807) is 0 Å². The van der Waals surface area contributed by atoms with Crippen molar-refractivity contribution in [2.24, 2.45) is 0 Å². The number of nitrogens with zero attached hydrogens (tertiary/aromatic N) is 2. The zero-order valence-corrected chi connectivity index (χ0v) is 11.4. The summed E-state index contributed by atoms with van der Waals surface area (Å²) in [7, 11) is -3.98. The highest BCUT2D eigenvalue weighted by Gasteiger charge is 2.34. The Labute approximate surface area is 116 Å². The molecule has 0 amide bonds. The lowest BCUT2D eigenvalue weighted by Gasteiger charge is -2.28. The molecule has 1 fully saturated rings. The van der Waals surface area contributed by atoms with E-state index in [-0.39, 0.29) is 18.8 Å². The zero-order chi connectivity index (χ0) is 14.9. The molecule has 1 saturated heterocycles. The SMILES string of the molecule is Nc1cccc(S(=O)(=O)N2CCC(O)CC2)c1[N+](=O)[O-]. The largest absolute Gasteiger partial charge is 0.393 e. The van der Waals surface area contributed by atoms with Gasteiger partial charge < -0.3 is 10.8 Å². The molecule has 0 bridgehead atoms. The van der Waals surface area contributed by atoms with Gasteiger partial charge in [-0.2, -0.15) is 4.31 Å². The number of nitrogens with two attached hydrogens (primary N) is 1. The summed E-state index contributed by atoms with van der Waals surface area (Å²) in [5.41, 5.74) is 4.72. The minimum absolute atomic E-state index is 0.134. The fourth-order valence-electron chi connectivity index (χ4n) is 2.16. The molecule has 3 N–H and O–H groups in total. The molecule has 0 aliphatic carbocycles. The number of nitro groups is 1. The number of benzene rings is 1. The molecule has 0 aromatic heterocycles. The van der Waals surface area contributed by atoms with Gasteiger partial charge >= 0.3 is 5.69 Å². The highest BCUT2D eigenvalue weighted by molar-refractivity contribution is 7.89. The Morgan fingerprint density at radius 2 is 1.95 bits per heavy atom. The van der Waals surface area contributed by atoms with Crippen molar-refractivity contribution in [2.45, 2.75) is 23.8 Å². The van der Waals surface area contributed by atoms with Crippen LogP contribution in [0.25, 0.3) is 0 Å². The Hall–Kier alpha value is -1.71. The first-order valence-corrected chi connectivity index (χ1v) is 7.49. The Kier molecular flexibility index (Phi) is 3.93. The van der Waals surface area contributed by atoms with Crippen molar-refractivity contribution in [3.05, 3.63) is 28.3 Å². The summed E-state index contributed by atoms with van der Waals surface area (Å²) in [6, 6.07) is 3.83. The number of piperidine rings is 1. The molecule has 1 aromatic carbocycles. The van der Waals surface area contributed by atoms with Crippen LogP contribution in [-0.4, -0.2) is 41.9 Å². The summed E-state index contributed by atoms with van der Waals surface area (Å²) in [5, 5.41) is 20.4. The molecule has 9 heteroatoms. The second-order valence-electron chi connectivity index (χ2n) is 4.59. The lowest BCUT2D eigenvalue weighted by molar-refractivity contribution is -0.386. The quantitative estimate of drug-likeness (QED) is 0.470. The van der Waals surface area contributed by atoms with Gasteiger partial charge in [-0.25, -0.2) is 8.42 Å². The van der Waals surface area contributed by atoms with Crippen molar-refractivity contribution in [3.8, 4) is 0 Å². The van der Waals surface area contributed by atoms with Gasteiger partial charge in [0.2, 0.25) is 10.0 Å². The van der Waals surface area contributed by atoms with Gasteiger partial charge in [-0.1, -0.05) is 6.07 Å². The maximum Gasteiger partial charge on any atom is 0.312 e. The number of hydrogen-bond donors (Lipinski definition) is 2. The Balaban J connectivity index is 2.45. The molecular weight excluding hydrogens is 286 g/mol. The van der Waals surface area contributed by atoms with Crippen LogP contribution in [0.1, 0.15) is 12.8 Å². The first-order chi connectivity index (χ1) is 9.34. The van der Waals surface area contributed by atoms with E-state index in [2.05, 4.69) is 0 Å². The molecule has 20 heavy (non-hydrogen) atoms. The molecule has 0 unspecified atom stereocenters. The average molecular weight is 301 g/mol. The molecule has 8 nitrogen and oxygen atoms in total. The van der Waals surface area contributed by atoms with E-state index in [9.17, 15) is 23.6 Å². The third-order valence-electron chi connectivity index (χ3n) is 3.25. The zero-order valence-electron chi connectivity index (χ0n) is 10.6. The smallest absolute Gasteiger partial charge is 0.312 e. The van der Waals surface area contributed by atoms with E-state index in [4.69, 9.17) is 5.73 Å². The lowest BCUT2D eigenvalue weighted by Crippen LogP contribution is -2.40. The van der Waals surface area contributed by atoms with Crippen LogP contribution in [0, 0.1) is 10.1 Å². The van der Waals surface area contributed by atoms with Crippen molar-refractivity contribution in [1.82, 2.24) is 4.31 Å². The van der Waals surface area contributed by atoms with E-state index in [1.165, 1.54) is 18.2 Å². The summed E-state index contributed by atoms with van der Waals surface area (Å²) in [4.78, 5) is 9.83. The van der Waals surface area contributed by atoms with E-state index >= 15 is 0 Å². The van der Waals surface area contributed by atoms with Crippen molar-refractivity contribution in [3.63, 3.8) is 0 Å². The van der Waals surface area contributed by atoms with Gasteiger partial charge in [0, 0.05) is 13.1 Å². The van der Waals surface area contributed by atoms with Gasteiger partial charge in [0.05, 0.1) is 11.0 Å². The number of sulfonamides is 1. The Morgan fingerprint density at radius 3 is 2.50 bits per heavy atom. The first kappa shape index (κ1) is 14.7.